The summed E-state index contributed by atoms with van der Waals surface area (Å²) in [6.45, 7) is 0. The summed E-state index contributed by atoms with van der Waals surface area (Å²) < 4.78 is 5.02. The number of hydrogen-bond donors (Lipinski definition) is 1. The van der Waals surface area contributed by atoms with Crippen molar-refractivity contribution in [3.63, 3.8) is 0 Å². The van der Waals surface area contributed by atoms with E-state index in [1.807, 2.05) is 6.07 Å². The lowest BCUT2D eigenvalue weighted by Gasteiger charge is -2.09. The fourth-order valence-electron chi connectivity index (χ4n) is 1.79. The molecule has 0 aliphatic heterocycles. The molecule has 2 aromatic rings. The van der Waals surface area contributed by atoms with Crippen molar-refractivity contribution >= 4 is 11.5 Å². The number of aromatic nitrogens is 1. The molecule has 0 atom stereocenters. The molecule has 1 aromatic carbocycles. The Kier molecular flexibility index (Phi) is 3.48. The zero-order valence-corrected chi connectivity index (χ0v) is 10.5. The number of non-ortho nitro benzene ring substituents is 1. The standard InChI is InChI=1S/C13H10N4O3/c1-20-13-11(7-14)10(6-12(15)16-13)8-2-4-9(5-3-8)17(18)19/h2-6H,1H3,(H2,15,16). The van der Waals surface area contributed by atoms with Crippen LogP contribution in [0.5, 0.6) is 5.88 Å². The second-order valence-electron chi connectivity index (χ2n) is 3.89. The van der Waals surface area contributed by atoms with Crippen LogP contribution >= 0.6 is 0 Å². The number of methoxy groups -OCH3 is 1. The van der Waals surface area contributed by atoms with E-state index < -0.39 is 4.92 Å². The molecule has 7 nitrogen and oxygen atoms in total. The molecule has 0 amide bonds. The van der Waals surface area contributed by atoms with Crippen LogP contribution in [0.15, 0.2) is 30.3 Å². The van der Waals surface area contributed by atoms with Crippen molar-refractivity contribution in [3.8, 4) is 23.1 Å². The van der Waals surface area contributed by atoms with E-state index in [0.29, 0.717) is 11.1 Å². The maximum Gasteiger partial charge on any atom is 0.269 e. The van der Waals surface area contributed by atoms with Gasteiger partial charge in [-0.3, -0.25) is 10.1 Å². The normalized spacial score (nSPS) is 9.80. The number of hydrogen-bond acceptors (Lipinski definition) is 6. The van der Waals surface area contributed by atoms with E-state index in [2.05, 4.69) is 4.98 Å². The Labute approximate surface area is 114 Å². The molecule has 0 radical (unpaired) electrons. The highest BCUT2D eigenvalue weighted by Gasteiger charge is 2.15. The largest absolute Gasteiger partial charge is 0.480 e. The van der Waals surface area contributed by atoms with E-state index in [4.69, 9.17) is 10.5 Å². The first kappa shape index (κ1) is 13.3. The highest BCUT2D eigenvalue weighted by molar-refractivity contribution is 5.75. The van der Waals surface area contributed by atoms with E-state index in [9.17, 15) is 15.4 Å². The smallest absolute Gasteiger partial charge is 0.269 e. The molecular formula is C13H10N4O3. The first-order chi connectivity index (χ1) is 9.56. The molecule has 0 aliphatic carbocycles. The molecule has 0 fully saturated rings. The van der Waals surface area contributed by atoms with Gasteiger partial charge in [-0.15, -0.1) is 0 Å². The van der Waals surface area contributed by atoms with Crippen molar-refractivity contribution in [2.24, 2.45) is 0 Å². The molecule has 0 unspecified atom stereocenters. The van der Waals surface area contributed by atoms with Crippen LogP contribution < -0.4 is 10.5 Å². The minimum atomic E-state index is -0.490. The van der Waals surface area contributed by atoms with E-state index in [-0.39, 0.29) is 22.9 Å². The molecule has 7 heteroatoms. The zero-order valence-electron chi connectivity index (χ0n) is 10.5. The van der Waals surface area contributed by atoms with Gasteiger partial charge < -0.3 is 10.5 Å². The second kappa shape index (κ2) is 5.24. The number of nitrogens with zero attached hydrogens (tertiary/aromatic N) is 3. The summed E-state index contributed by atoms with van der Waals surface area (Å²) in [5.74, 6) is 0.329. The number of nitro benzene ring substituents is 1. The second-order valence-corrected chi connectivity index (χ2v) is 3.89. The lowest BCUT2D eigenvalue weighted by atomic mass is 10.0. The van der Waals surface area contributed by atoms with Gasteiger partial charge in [0.25, 0.3) is 5.69 Å². The van der Waals surface area contributed by atoms with Crippen LogP contribution in [0, 0.1) is 21.4 Å². The van der Waals surface area contributed by atoms with Gasteiger partial charge in [0, 0.05) is 17.7 Å². The van der Waals surface area contributed by atoms with Gasteiger partial charge in [0.2, 0.25) is 5.88 Å². The summed E-state index contributed by atoms with van der Waals surface area (Å²) in [4.78, 5) is 14.1. The molecule has 0 saturated heterocycles. The van der Waals surface area contributed by atoms with Crippen molar-refractivity contribution in [1.29, 1.82) is 5.26 Å². The molecule has 0 saturated carbocycles. The number of benzene rings is 1. The van der Waals surface area contributed by atoms with Gasteiger partial charge in [-0.2, -0.15) is 10.2 Å². The zero-order chi connectivity index (χ0) is 14.7. The Morgan fingerprint density at radius 2 is 2.05 bits per heavy atom. The molecule has 0 bridgehead atoms. The van der Waals surface area contributed by atoms with Crippen LogP contribution in [-0.2, 0) is 0 Å². The van der Waals surface area contributed by atoms with Crippen LogP contribution in [0.25, 0.3) is 11.1 Å². The summed E-state index contributed by atoms with van der Waals surface area (Å²) in [7, 11) is 1.39. The van der Waals surface area contributed by atoms with Crippen molar-refractivity contribution in [2.45, 2.75) is 0 Å². The summed E-state index contributed by atoms with van der Waals surface area (Å²) in [6.07, 6.45) is 0. The molecule has 0 spiro atoms. The van der Waals surface area contributed by atoms with Gasteiger partial charge in [-0.05, 0) is 23.8 Å². The van der Waals surface area contributed by atoms with Crippen LogP contribution in [0.3, 0.4) is 0 Å². The first-order valence-corrected chi connectivity index (χ1v) is 5.56. The fourth-order valence-corrected chi connectivity index (χ4v) is 1.79. The monoisotopic (exact) mass is 270 g/mol. The number of ether oxygens (including phenoxy) is 1. The van der Waals surface area contributed by atoms with Crippen molar-refractivity contribution in [3.05, 3.63) is 46.0 Å². The summed E-state index contributed by atoms with van der Waals surface area (Å²) in [5.41, 5.74) is 7.02. The lowest BCUT2D eigenvalue weighted by molar-refractivity contribution is -0.384. The molecule has 2 rings (SSSR count). The minimum absolute atomic E-state index is 0.0266. The van der Waals surface area contributed by atoms with Crippen LogP contribution in [0.2, 0.25) is 0 Å². The Balaban J connectivity index is 2.60. The number of pyridine rings is 1. The predicted octanol–water partition coefficient (Wildman–Crippen LogP) is 2.12. The fraction of sp³-hybridized carbons (Fsp3) is 0.0769. The van der Waals surface area contributed by atoms with Gasteiger partial charge >= 0.3 is 0 Å². The van der Waals surface area contributed by atoms with Gasteiger partial charge in [-0.25, -0.2) is 0 Å². The van der Waals surface area contributed by atoms with Crippen molar-refractivity contribution in [1.82, 2.24) is 4.98 Å². The summed E-state index contributed by atoms with van der Waals surface area (Å²) in [5, 5.41) is 19.8. The van der Waals surface area contributed by atoms with E-state index in [1.165, 1.54) is 25.3 Å². The quantitative estimate of drug-likeness (QED) is 0.674. The Hall–Kier alpha value is -3.14. The lowest BCUT2D eigenvalue weighted by Crippen LogP contribution is -1.99. The van der Waals surface area contributed by atoms with Crippen LogP contribution in [0.1, 0.15) is 5.56 Å². The highest BCUT2D eigenvalue weighted by atomic mass is 16.6. The maximum atomic E-state index is 10.6. The topological polar surface area (TPSA) is 115 Å². The number of nitrogens with two attached hydrogens (primary N) is 1. The summed E-state index contributed by atoms with van der Waals surface area (Å²) >= 11 is 0. The van der Waals surface area contributed by atoms with Gasteiger partial charge in [0.05, 0.1) is 12.0 Å². The maximum absolute atomic E-state index is 10.6. The summed E-state index contributed by atoms with van der Waals surface area (Å²) in [6, 6.07) is 9.35. The number of nitro groups is 1. The Morgan fingerprint density at radius 3 is 2.55 bits per heavy atom. The third-order valence-corrected chi connectivity index (χ3v) is 2.70. The number of anilines is 1. The van der Waals surface area contributed by atoms with Gasteiger partial charge in [-0.1, -0.05) is 0 Å². The van der Waals surface area contributed by atoms with Gasteiger partial charge in [0.15, 0.2) is 0 Å². The number of nitrogen functional groups attached to an aromatic ring is 1. The van der Waals surface area contributed by atoms with E-state index >= 15 is 0 Å². The van der Waals surface area contributed by atoms with Crippen LogP contribution in [-0.4, -0.2) is 17.0 Å². The Bertz CT molecular complexity index is 705. The van der Waals surface area contributed by atoms with Crippen LogP contribution in [0.4, 0.5) is 11.5 Å². The average Bonchev–Trinajstić information content (AvgIpc) is 2.46. The SMILES string of the molecule is COc1nc(N)cc(-c2ccc([N+](=O)[O-])cc2)c1C#N. The number of rotatable bonds is 3. The van der Waals surface area contributed by atoms with E-state index in [1.54, 1.807) is 12.1 Å². The van der Waals surface area contributed by atoms with Gasteiger partial charge in [0.1, 0.15) is 17.5 Å². The Morgan fingerprint density at radius 1 is 1.40 bits per heavy atom. The molecule has 0 aliphatic rings. The molecule has 20 heavy (non-hydrogen) atoms. The third-order valence-electron chi connectivity index (χ3n) is 2.70. The predicted molar refractivity (Wildman–Crippen MR) is 72.0 cm³/mol. The minimum Gasteiger partial charge on any atom is -0.480 e. The highest BCUT2D eigenvalue weighted by Crippen LogP contribution is 2.31. The first-order valence-electron chi connectivity index (χ1n) is 5.56. The molecule has 1 heterocycles. The molecule has 2 N–H and O–H groups in total. The molecular weight excluding hydrogens is 260 g/mol. The third kappa shape index (κ3) is 2.35. The average molecular weight is 270 g/mol. The van der Waals surface area contributed by atoms with E-state index in [0.717, 1.165) is 0 Å². The number of nitriles is 1. The van der Waals surface area contributed by atoms with Crippen molar-refractivity contribution in [2.75, 3.05) is 12.8 Å². The van der Waals surface area contributed by atoms with Crippen molar-refractivity contribution < 1.29 is 9.66 Å². The molecule has 1 aromatic heterocycles. The molecule has 100 valence electrons.